The van der Waals surface area contributed by atoms with E-state index < -0.39 is 0 Å². The van der Waals surface area contributed by atoms with Crippen molar-refractivity contribution >= 4 is 5.70 Å². The third kappa shape index (κ3) is 3.69. The summed E-state index contributed by atoms with van der Waals surface area (Å²) in [5.74, 6) is 0. The summed E-state index contributed by atoms with van der Waals surface area (Å²) in [6.45, 7) is 8.30. The molecule has 0 aromatic heterocycles. The van der Waals surface area contributed by atoms with Gasteiger partial charge in [-0.1, -0.05) is 48.9 Å². The van der Waals surface area contributed by atoms with Crippen LogP contribution >= 0.6 is 0 Å². The number of benzene rings is 1. The van der Waals surface area contributed by atoms with Gasteiger partial charge in [-0.15, -0.1) is 0 Å². The van der Waals surface area contributed by atoms with E-state index in [4.69, 9.17) is 4.74 Å². The van der Waals surface area contributed by atoms with Crippen LogP contribution in [-0.4, -0.2) is 6.35 Å². The lowest BCUT2D eigenvalue weighted by Crippen LogP contribution is -2.34. The van der Waals surface area contributed by atoms with Gasteiger partial charge in [0, 0.05) is 0 Å². The fraction of sp³-hybridized carbons (Fsp3) is 0.333. The predicted octanol–water partition coefficient (Wildman–Crippen LogP) is 4.05. The lowest BCUT2D eigenvalue weighted by Gasteiger charge is -2.13. The van der Waals surface area contributed by atoms with Gasteiger partial charge in [0.25, 0.3) is 0 Å². The number of allylic oxidation sites excluding steroid dienone is 3. The first kappa shape index (κ1) is 15.2. The molecule has 0 radical (unpaired) electrons. The summed E-state index contributed by atoms with van der Waals surface area (Å²) in [6, 6.07) is 8.52. The molecule has 0 saturated heterocycles. The van der Waals surface area contributed by atoms with E-state index in [1.54, 1.807) is 6.26 Å². The Bertz CT molecular complexity index is 567. The number of ether oxygens (including phenoxy) is 1. The molecule has 1 aromatic carbocycles. The molecule has 1 aliphatic rings. The van der Waals surface area contributed by atoms with E-state index in [0.29, 0.717) is 0 Å². The summed E-state index contributed by atoms with van der Waals surface area (Å²) in [4.78, 5) is 0. The number of hydrogen-bond acceptors (Lipinski definition) is 3. The summed E-state index contributed by atoms with van der Waals surface area (Å²) >= 11 is 0. The minimum atomic E-state index is -0.229. The van der Waals surface area contributed by atoms with Crippen LogP contribution in [0.15, 0.2) is 53.9 Å². The van der Waals surface area contributed by atoms with E-state index in [1.807, 2.05) is 13.0 Å². The fourth-order valence-corrected chi connectivity index (χ4v) is 2.33. The van der Waals surface area contributed by atoms with Gasteiger partial charge < -0.3 is 15.4 Å². The van der Waals surface area contributed by atoms with Gasteiger partial charge in [0.2, 0.25) is 6.35 Å². The molecule has 3 nitrogen and oxygen atoms in total. The maximum absolute atomic E-state index is 5.61. The molecule has 1 aliphatic heterocycles. The van der Waals surface area contributed by atoms with Crippen LogP contribution in [0.25, 0.3) is 5.70 Å². The molecular weight excluding hydrogens is 260 g/mol. The van der Waals surface area contributed by atoms with Crippen LogP contribution in [0.1, 0.15) is 38.3 Å². The zero-order valence-corrected chi connectivity index (χ0v) is 13.2. The number of hydrogen-bond donors (Lipinski definition) is 2. The molecule has 2 rings (SSSR count). The summed E-state index contributed by atoms with van der Waals surface area (Å²) in [7, 11) is 0. The van der Waals surface area contributed by atoms with Crippen molar-refractivity contribution in [3.63, 3.8) is 0 Å². The first-order valence-electron chi connectivity index (χ1n) is 7.43. The van der Waals surface area contributed by atoms with Crippen LogP contribution in [0.5, 0.6) is 0 Å². The smallest absolute Gasteiger partial charge is 0.247 e. The average molecular weight is 284 g/mol. The second-order valence-corrected chi connectivity index (χ2v) is 5.19. The van der Waals surface area contributed by atoms with Crippen molar-refractivity contribution in [1.29, 1.82) is 0 Å². The third-order valence-corrected chi connectivity index (χ3v) is 3.40. The van der Waals surface area contributed by atoms with E-state index in [9.17, 15) is 0 Å². The maximum Gasteiger partial charge on any atom is 0.247 e. The monoisotopic (exact) mass is 284 g/mol. The highest BCUT2D eigenvalue weighted by molar-refractivity contribution is 5.72. The molecule has 0 spiro atoms. The molecule has 2 N–H and O–H groups in total. The van der Waals surface area contributed by atoms with Gasteiger partial charge in [-0.05, 0) is 38.3 Å². The Morgan fingerprint density at radius 2 is 1.95 bits per heavy atom. The minimum absolute atomic E-state index is 0.229. The molecule has 1 atom stereocenters. The van der Waals surface area contributed by atoms with Crippen molar-refractivity contribution in [2.75, 3.05) is 0 Å². The third-order valence-electron chi connectivity index (χ3n) is 3.40. The maximum atomic E-state index is 5.61. The fourth-order valence-electron chi connectivity index (χ4n) is 2.33. The van der Waals surface area contributed by atoms with Gasteiger partial charge in [0.15, 0.2) is 0 Å². The van der Waals surface area contributed by atoms with Crippen molar-refractivity contribution < 1.29 is 4.74 Å². The lowest BCUT2D eigenvalue weighted by atomic mass is 10.1. The SMILES string of the molecule is C/C=C\OC1NC(/C(C)=C/CC)=C(c2ccc(C)cc2)N1. The highest BCUT2D eigenvalue weighted by Gasteiger charge is 2.24. The lowest BCUT2D eigenvalue weighted by molar-refractivity contribution is 0.116. The molecule has 0 amide bonds. The summed E-state index contributed by atoms with van der Waals surface area (Å²) in [5.41, 5.74) is 5.85. The molecular formula is C18H24N2O. The van der Waals surface area contributed by atoms with Crippen LogP contribution < -0.4 is 10.6 Å². The van der Waals surface area contributed by atoms with Crippen molar-refractivity contribution in [3.05, 3.63) is 65.1 Å². The first-order valence-corrected chi connectivity index (χ1v) is 7.43. The second-order valence-electron chi connectivity index (χ2n) is 5.19. The van der Waals surface area contributed by atoms with E-state index >= 15 is 0 Å². The van der Waals surface area contributed by atoms with Gasteiger partial charge in [0.05, 0.1) is 17.7 Å². The summed E-state index contributed by atoms with van der Waals surface area (Å²) in [5, 5.41) is 6.81. The van der Waals surface area contributed by atoms with Crippen LogP contribution in [0, 0.1) is 6.92 Å². The van der Waals surface area contributed by atoms with Gasteiger partial charge in [-0.3, -0.25) is 0 Å². The molecule has 0 bridgehead atoms. The molecule has 1 aromatic rings. The summed E-state index contributed by atoms with van der Waals surface area (Å²) in [6.07, 6.45) is 6.57. The molecule has 0 fully saturated rings. The largest absolute Gasteiger partial charge is 0.460 e. The van der Waals surface area contributed by atoms with E-state index in [1.165, 1.54) is 16.7 Å². The molecule has 1 heterocycles. The zero-order chi connectivity index (χ0) is 15.2. The van der Waals surface area contributed by atoms with E-state index in [2.05, 4.69) is 61.7 Å². The Hall–Kier alpha value is -2.16. The molecule has 0 saturated carbocycles. The van der Waals surface area contributed by atoms with Crippen molar-refractivity contribution in [2.45, 2.75) is 40.5 Å². The Labute approximate surface area is 127 Å². The molecule has 0 aliphatic carbocycles. The standard InChI is InChI=1S/C18H24N2O/c1-5-7-14(4)16-17(15-10-8-13(3)9-11-15)20-18(19-16)21-12-6-2/h6-12,18-20H,5H2,1-4H3/b12-6-,14-7+. The average Bonchev–Trinajstić information content (AvgIpc) is 2.90. The molecule has 1 unspecified atom stereocenters. The summed E-state index contributed by atoms with van der Waals surface area (Å²) < 4.78 is 5.61. The Balaban J connectivity index is 2.32. The Morgan fingerprint density at radius 3 is 2.57 bits per heavy atom. The normalized spacial score (nSPS) is 18.9. The van der Waals surface area contributed by atoms with Gasteiger partial charge >= 0.3 is 0 Å². The molecule has 3 heteroatoms. The second kappa shape index (κ2) is 7.02. The number of aryl methyl sites for hydroxylation is 1. The number of rotatable bonds is 5. The topological polar surface area (TPSA) is 33.3 Å². The zero-order valence-electron chi connectivity index (χ0n) is 13.2. The van der Waals surface area contributed by atoms with Crippen LogP contribution in [0.3, 0.4) is 0 Å². The van der Waals surface area contributed by atoms with Gasteiger partial charge in [-0.2, -0.15) is 0 Å². The van der Waals surface area contributed by atoms with Crippen molar-refractivity contribution in [2.24, 2.45) is 0 Å². The van der Waals surface area contributed by atoms with E-state index in [0.717, 1.165) is 17.8 Å². The van der Waals surface area contributed by atoms with Crippen molar-refractivity contribution in [3.8, 4) is 0 Å². The highest BCUT2D eigenvalue weighted by Crippen LogP contribution is 2.25. The van der Waals surface area contributed by atoms with Crippen LogP contribution in [-0.2, 0) is 4.74 Å². The molecule has 112 valence electrons. The highest BCUT2D eigenvalue weighted by atomic mass is 16.5. The van der Waals surface area contributed by atoms with Crippen LogP contribution in [0.4, 0.5) is 0 Å². The van der Waals surface area contributed by atoms with Crippen molar-refractivity contribution in [1.82, 2.24) is 10.6 Å². The predicted molar refractivity (Wildman–Crippen MR) is 88.1 cm³/mol. The van der Waals surface area contributed by atoms with Gasteiger partial charge in [0.1, 0.15) is 0 Å². The first-order chi connectivity index (χ1) is 10.2. The van der Waals surface area contributed by atoms with E-state index in [-0.39, 0.29) is 6.35 Å². The minimum Gasteiger partial charge on any atom is -0.460 e. The quantitative estimate of drug-likeness (QED) is 0.800. The Morgan fingerprint density at radius 1 is 1.24 bits per heavy atom. The Kier molecular flexibility index (Phi) is 5.09. The number of nitrogens with one attached hydrogen (secondary N) is 2. The molecule has 21 heavy (non-hydrogen) atoms. The van der Waals surface area contributed by atoms with Gasteiger partial charge in [-0.25, -0.2) is 0 Å². The van der Waals surface area contributed by atoms with Crippen LogP contribution in [0.2, 0.25) is 0 Å².